The Morgan fingerprint density at radius 2 is 1.87 bits per heavy atom. The van der Waals surface area contributed by atoms with E-state index in [0.29, 0.717) is 23.3 Å². The molecule has 0 radical (unpaired) electrons. The second-order valence-electron chi connectivity index (χ2n) is 5.43. The van der Waals surface area contributed by atoms with Gasteiger partial charge in [-0.05, 0) is 36.1 Å². The first-order valence-electron chi connectivity index (χ1n) is 7.30. The van der Waals surface area contributed by atoms with Crippen molar-refractivity contribution < 1.29 is 4.79 Å². The van der Waals surface area contributed by atoms with Gasteiger partial charge in [0.1, 0.15) is 0 Å². The first-order valence-corrected chi connectivity index (χ1v) is 7.30. The molecule has 23 heavy (non-hydrogen) atoms. The highest BCUT2D eigenvalue weighted by Gasteiger charge is 2.13. The number of hydrogen-bond donors (Lipinski definition) is 2. The van der Waals surface area contributed by atoms with Gasteiger partial charge in [0.2, 0.25) is 0 Å². The van der Waals surface area contributed by atoms with Crippen molar-refractivity contribution >= 4 is 22.6 Å². The molecule has 1 amide bonds. The molecule has 0 aliphatic rings. The molecule has 0 fully saturated rings. The molecule has 5 nitrogen and oxygen atoms in total. The average Bonchev–Trinajstić information content (AvgIpc) is 2.55. The van der Waals surface area contributed by atoms with Crippen molar-refractivity contribution in [3.05, 3.63) is 76.1 Å². The first-order chi connectivity index (χ1) is 11.1. The fourth-order valence-electron chi connectivity index (χ4n) is 2.51. The van der Waals surface area contributed by atoms with Gasteiger partial charge < -0.3 is 11.1 Å². The zero-order valence-electron chi connectivity index (χ0n) is 12.7. The van der Waals surface area contributed by atoms with E-state index in [1.807, 2.05) is 30.3 Å². The maximum Gasteiger partial charge on any atom is 0.329 e. The number of aryl methyl sites for hydroxylation is 1. The maximum absolute atomic E-state index is 12.5. The van der Waals surface area contributed by atoms with Crippen LogP contribution in [0.3, 0.4) is 0 Å². The minimum atomic E-state index is -0.460. The first kappa shape index (κ1) is 14.8. The van der Waals surface area contributed by atoms with Crippen LogP contribution in [-0.4, -0.2) is 10.6 Å². The number of carbonyl (C=O) groups is 1. The van der Waals surface area contributed by atoms with Gasteiger partial charge in [-0.2, -0.15) is 0 Å². The van der Waals surface area contributed by atoms with Crippen LogP contribution in [0, 0.1) is 6.92 Å². The molecule has 2 aromatic carbocycles. The van der Waals surface area contributed by atoms with Gasteiger partial charge in [-0.15, -0.1) is 0 Å². The normalized spacial score (nSPS) is 10.7. The topological polar surface area (TPSA) is 77.1 Å². The van der Waals surface area contributed by atoms with Crippen LogP contribution < -0.4 is 16.6 Å². The number of nitrogens with zero attached hydrogens (tertiary/aromatic N) is 1. The van der Waals surface area contributed by atoms with Gasteiger partial charge >= 0.3 is 6.03 Å². The van der Waals surface area contributed by atoms with Gasteiger partial charge in [0.15, 0.2) is 0 Å². The summed E-state index contributed by atoms with van der Waals surface area (Å²) < 4.78 is 1.14. The number of pyridine rings is 1. The summed E-state index contributed by atoms with van der Waals surface area (Å²) >= 11 is 0. The number of aromatic nitrogens is 1. The van der Waals surface area contributed by atoms with E-state index in [9.17, 15) is 9.59 Å². The molecule has 0 aliphatic carbocycles. The number of fused-ring (bicyclic) bond motifs is 1. The van der Waals surface area contributed by atoms with Crippen molar-refractivity contribution in [1.82, 2.24) is 9.88 Å². The molecule has 0 atom stereocenters. The third-order valence-corrected chi connectivity index (χ3v) is 3.70. The minimum absolute atomic E-state index is 0.339. The summed E-state index contributed by atoms with van der Waals surface area (Å²) in [5.74, 6) is 0. The third-order valence-electron chi connectivity index (χ3n) is 3.70. The molecule has 0 saturated heterocycles. The lowest BCUT2D eigenvalue weighted by Gasteiger charge is -2.12. The Hall–Kier alpha value is -3.08. The van der Waals surface area contributed by atoms with Gasteiger partial charge in [-0.25, -0.2) is 9.36 Å². The van der Waals surface area contributed by atoms with E-state index >= 15 is 0 Å². The van der Waals surface area contributed by atoms with Crippen molar-refractivity contribution in [2.24, 2.45) is 0 Å². The quantitative estimate of drug-likeness (QED) is 0.715. The van der Waals surface area contributed by atoms with E-state index in [0.717, 1.165) is 15.5 Å². The van der Waals surface area contributed by atoms with Crippen LogP contribution in [0.2, 0.25) is 0 Å². The fourth-order valence-corrected chi connectivity index (χ4v) is 2.51. The molecule has 1 heterocycles. The Labute approximate surface area is 133 Å². The molecular weight excluding hydrogens is 290 g/mol. The second-order valence-corrected chi connectivity index (χ2v) is 5.43. The van der Waals surface area contributed by atoms with Gasteiger partial charge in [-0.3, -0.25) is 4.79 Å². The lowest BCUT2D eigenvalue weighted by Crippen LogP contribution is -2.37. The number of rotatable bonds is 2. The Morgan fingerprint density at radius 1 is 1.13 bits per heavy atom. The number of nitrogens with two attached hydrogens (primary N) is 1. The number of amides is 1. The molecule has 0 bridgehead atoms. The molecule has 3 N–H and O–H groups in total. The number of nitrogen functional groups attached to an aromatic ring is 1. The number of carbonyl (C=O) groups excluding carboxylic acids is 1. The van der Waals surface area contributed by atoms with Crippen LogP contribution in [0.5, 0.6) is 0 Å². The van der Waals surface area contributed by atoms with Crippen LogP contribution in [-0.2, 0) is 6.54 Å². The predicted octanol–water partition coefficient (Wildman–Crippen LogP) is 2.65. The Balaban J connectivity index is 2.01. The molecule has 5 heteroatoms. The van der Waals surface area contributed by atoms with Crippen molar-refractivity contribution in [2.75, 3.05) is 5.73 Å². The second kappa shape index (κ2) is 5.96. The molecule has 1 aromatic heterocycles. The van der Waals surface area contributed by atoms with Crippen molar-refractivity contribution in [2.45, 2.75) is 13.5 Å². The predicted molar refractivity (Wildman–Crippen MR) is 91.4 cm³/mol. The standard InChI is InChI=1S/C18H17N3O2/c1-12-9-14-7-8-15(19)10-16(14)21(17(12)22)18(23)20-11-13-5-3-2-4-6-13/h2-10H,11,19H2,1H3,(H,20,23). The lowest BCUT2D eigenvalue weighted by molar-refractivity contribution is 0.242. The van der Waals surface area contributed by atoms with Gasteiger partial charge in [0, 0.05) is 17.8 Å². The number of anilines is 1. The largest absolute Gasteiger partial charge is 0.399 e. The van der Waals surface area contributed by atoms with Crippen LogP contribution >= 0.6 is 0 Å². The van der Waals surface area contributed by atoms with Crippen LogP contribution in [0.1, 0.15) is 11.1 Å². The molecule has 0 saturated carbocycles. The molecule has 3 aromatic rings. The van der Waals surface area contributed by atoms with E-state index in [2.05, 4.69) is 5.32 Å². The van der Waals surface area contributed by atoms with E-state index in [1.54, 1.807) is 31.2 Å². The van der Waals surface area contributed by atoms with E-state index in [-0.39, 0.29) is 5.56 Å². The van der Waals surface area contributed by atoms with Crippen LogP contribution in [0.15, 0.2) is 59.4 Å². The Morgan fingerprint density at radius 3 is 2.61 bits per heavy atom. The number of nitrogens with one attached hydrogen (secondary N) is 1. The molecule has 0 aliphatic heterocycles. The van der Waals surface area contributed by atoms with Gasteiger partial charge in [0.25, 0.3) is 5.56 Å². The molecule has 3 rings (SSSR count). The molecule has 116 valence electrons. The minimum Gasteiger partial charge on any atom is -0.399 e. The average molecular weight is 307 g/mol. The highest BCUT2D eigenvalue weighted by atomic mass is 16.2. The number of hydrogen-bond acceptors (Lipinski definition) is 3. The molecular formula is C18H17N3O2. The summed E-state index contributed by atoms with van der Waals surface area (Å²) in [6.07, 6.45) is 0. The van der Waals surface area contributed by atoms with Crippen LogP contribution in [0.4, 0.5) is 10.5 Å². The SMILES string of the molecule is Cc1cc2ccc(N)cc2n(C(=O)NCc2ccccc2)c1=O. The molecule has 0 spiro atoms. The highest BCUT2D eigenvalue weighted by molar-refractivity contribution is 5.92. The third kappa shape index (κ3) is 2.94. The van der Waals surface area contributed by atoms with E-state index in [4.69, 9.17) is 5.73 Å². The van der Waals surface area contributed by atoms with Gasteiger partial charge in [0.05, 0.1) is 5.52 Å². The van der Waals surface area contributed by atoms with Crippen molar-refractivity contribution in [3.63, 3.8) is 0 Å². The summed E-state index contributed by atoms with van der Waals surface area (Å²) in [4.78, 5) is 24.9. The van der Waals surface area contributed by atoms with Crippen molar-refractivity contribution in [1.29, 1.82) is 0 Å². The van der Waals surface area contributed by atoms with Gasteiger partial charge in [-0.1, -0.05) is 36.4 Å². The summed E-state index contributed by atoms with van der Waals surface area (Å²) in [6.45, 7) is 2.04. The highest BCUT2D eigenvalue weighted by Crippen LogP contribution is 2.17. The van der Waals surface area contributed by atoms with E-state index in [1.165, 1.54) is 0 Å². The summed E-state index contributed by atoms with van der Waals surface area (Å²) in [7, 11) is 0. The summed E-state index contributed by atoms with van der Waals surface area (Å²) in [5.41, 5.74) is 7.94. The fraction of sp³-hybridized carbons (Fsp3) is 0.111. The summed E-state index contributed by atoms with van der Waals surface area (Å²) in [5, 5.41) is 3.58. The van der Waals surface area contributed by atoms with E-state index < -0.39 is 6.03 Å². The zero-order chi connectivity index (χ0) is 16.4. The number of benzene rings is 2. The Bertz CT molecular complexity index is 930. The smallest absolute Gasteiger partial charge is 0.329 e. The monoisotopic (exact) mass is 307 g/mol. The summed E-state index contributed by atoms with van der Waals surface area (Å²) in [6, 6.07) is 16.0. The van der Waals surface area contributed by atoms with Crippen LogP contribution in [0.25, 0.3) is 10.9 Å². The Kier molecular flexibility index (Phi) is 3.85. The molecule has 0 unspecified atom stereocenters. The lowest BCUT2D eigenvalue weighted by atomic mass is 10.1. The van der Waals surface area contributed by atoms with Crippen molar-refractivity contribution in [3.8, 4) is 0 Å². The zero-order valence-corrected chi connectivity index (χ0v) is 12.7. The maximum atomic E-state index is 12.5.